The number of nitrogens with zero attached hydrogens (tertiary/aromatic N) is 1. The van der Waals surface area contributed by atoms with E-state index >= 15 is 0 Å². The predicted octanol–water partition coefficient (Wildman–Crippen LogP) is 6.66. The second-order valence-electron chi connectivity index (χ2n) is 9.41. The third kappa shape index (κ3) is 4.44. The summed E-state index contributed by atoms with van der Waals surface area (Å²) >= 11 is 0. The Morgan fingerprint density at radius 1 is 1.06 bits per heavy atom. The van der Waals surface area contributed by atoms with Crippen molar-refractivity contribution < 1.29 is 9.47 Å². The topological polar surface area (TPSA) is 42.8 Å². The number of hydrogen-bond acceptors (Lipinski definition) is 4. The number of rotatable bonds is 7. The summed E-state index contributed by atoms with van der Waals surface area (Å²) in [6.45, 7) is 4.74. The fraction of sp³-hybridized carbons (Fsp3) is 0.519. The quantitative estimate of drug-likeness (QED) is 0.402. The Morgan fingerprint density at radius 3 is 2.52 bits per heavy atom. The molecule has 2 aromatic rings. The van der Waals surface area contributed by atoms with Crippen molar-refractivity contribution in [1.82, 2.24) is 0 Å². The predicted molar refractivity (Wildman–Crippen MR) is 128 cm³/mol. The van der Waals surface area contributed by atoms with Gasteiger partial charge in [0.15, 0.2) is 0 Å². The summed E-state index contributed by atoms with van der Waals surface area (Å²) in [6.07, 6.45) is 9.52. The van der Waals surface area contributed by atoms with Gasteiger partial charge in [-0.15, -0.1) is 0 Å². The van der Waals surface area contributed by atoms with Crippen molar-refractivity contribution in [2.24, 2.45) is 22.4 Å². The Kier molecular flexibility index (Phi) is 6.54. The highest BCUT2D eigenvalue weighted by molar-refractivity contribution is 5.68. The molecule has 0 unspecified atom stereocenters. The van der Waals surface area contributed by atoms with Gasteiger partial charge in [-0.3, -0.25) is 5.43 Å². The molecule has 4 heteroatoms. The molecule has 2 aliphatic rings. The molecule has 31 heavy (non-hydrogen) atoms. The van der Waals surface area contributed by atoms with Crippen molar-refractivity contribution in [1.29, 1.82) is 0 Å². The summed E-state index contributed by atoms with van der Waals surface area (Å²) in [5.41, 5.74) is 7.40. The normalized spacial score (nSPS) is 27.4. The molecule has 4 rings (SSSR count). The van der Waals surface area contributed by atoms with E-state index in [1.807, 2.05) is 24.3 Å². The lowest BCUT2D eigenvalue weighted by Crippen LogP contribution is -2.43. The number of nitrogens with one attached hydrogen (secondary N) is 1. The molecule has 4 nitrogen and oxygen atoms in total. The highest BCUT2D eigenvalue weighted by Gasteiger charge is 2.47. The summed E-state index contributed by atoms with van der Waals surface area (Å²) in [7, 11) is 3.45. The standard InChI is InChI=1S/C27H36N2O2/c1-5-6-26-25-13-7-19-17-22(31-4)12-14-23(19)24(25)15-16-27(26,2)18-28-29-20-8-10-21(30-3)11-9-20/h8-12,14,17-18,24-26,29H,5-7,13,15-16H2,1-4H3/b28-18+/t24-,25-,26+,27-/m1/s1. The first-order chi connectivity index (χ1) is 15.1. The van der Waals surface area contributed by atoms with Crippen molar-refractivity contribution in [3.05, 3.63) is 53.6 Å². The first-order valence-corrected chi connectivity index (χ1v) is 11.7. The maximum atomic E-state index is 5.47. The summed E-state index contributed by atoms with van der Waals surface area (Å²) < 4.78 is 10.7. The van der Waals surface area contributed by atoms with E-state index in [1.54, 1.807) is 19.8 Å². The van der Waals surface area contributed by atoms with Gasteiger partial charge < -0.3 is 9.47 Å². The Balaban J connectivity index is 1.52. The van der Waals surface area contributed by atoms with E-state index in [0.717, 1.165) is 29.5 Å². The van der Waals surface area contributed by atoms with Crippen LogP contribution >= 0.6 is 0 Å². The zero-order valence-corrected chi connectivity index (χ0v) is 19.4. The zero-order chi connectivity index (χ0) is 21.8. The molecule has 0 amide bonds. The second kappa shape index (κ2) is 9.33. The van der Waals surface area contributed by atoms with E-state index in [2.05, 4.69) is 43.7 Å². The van der Waals surface area contributed by atoms with E-state index in [1.165, 1.54) is 37.7 Å². The Morgan fingerprint density at radius 2 is 1.81 bits per heavy atom. The van der Waals surface area contributed by atoms with Crippen molar-refractivity contribution in [3.8, 4) is 11.5 Å². The van der Waals surface area contributed by atoms with E-state index in [0.29, 0.717) is 11.8 Å². The van der Waals surface area contributed by atoms with Gasteiger partial charge in [0.25, 0.3) is 0 Å². The van der Waals surface area contributed by atoms with Crippen molar-refractivity contribution in [2.75, 3.05) is 19.6 Å². The Hall–Kier alpha value is -2.49. The lowest BCUT2D eigenvalue weighted by atomic mass is 9.54. The Labute approximate surface area is 187 Å². The van der Waals surface area contributed by atoms with E-state index in [-0.39, 0.29) is 5.41 Å². The van der Waals surface area contributed by atoms with Gasteiger partial charge in [-0.05, 0) is 97.4 Å². The van der Waals surface area contributed by atoms with Gasteiger partial charge in [-0.25, -0.2) is 0 Å². The monoisotopic (exact) mass is 420 g/mol. The molecule has 1 saturated carbocycles. The van der Waals surface area contributed by atoms with E-state index < -0.39 is 0 Å². The molecule has 0 spiro atoms. The maximum absolute atomic E-state index is 5.47. The van der Waals surface area contributed by atoms with Gasteiger partial charge in [-0.1, -0.05) is 26.3 Å². The van der Waals surface area contributed by atoms with Gasteiger partial charge in [0.05, 0.1) is 19.9 Å². The van der Waals surface area contributed by atoms with Gasteiger partial charge in [0.1, 0.15) is 11.5 Å². The molecule has 4 atom stereocenters. The van der Waals surface area contributed by atoms with Crippen LogP contribution in [-0.4, -0.2) is 20.4 Å². The molecule has 2 aliphatic carbocycles. The van der Waals surface area contributed by atoms with Gasteiger partial charge in [0.2, 0.25) is 0 Å². The SMILES string of the molecule is CCC[C@H]1[C@@H]2CCc3cc(OC)ccc3[C@H]2CC[C@]1(C)/C=N/Nc1ccc(OC)cc1. The fourth-order valence-electron chi connectivity index (χ4n) is 5.97. The summed E-state index contributed by atoms with van der Waals surface area (Å²) in [4.78, 5) is 0. The van der Waals surface area contributed by atoms with Crippen LogP contribution in [0, 0.1) is 17.3 Å². The van der Waals surface area contributed by atoms with Gasteiger partial charge >= 0.3 is 0 Å². The lowest BCUT2D eigenvalue weighted by molar-refractivity contribution is 0.0783. The van der Waals surface area contributed by atoms with Crippen LogP contribution in [0.2, 0.25) is 0 Å². The lowest BCUT2D eigenvalue weighted by Gasteiger charge is -2.50. The van der Waals surface area contributed by atoms with Crippen molar-refractivity contribution in [3.63, 3.8) is 0 Å². The largest absolute Gasteiger partial charge is 0.497 e. The molecular weight excluding hydrogens is 384 g/mol. The first kappa shape index (κ1) is 21.7. The van der Waals surface area contributed by atoms with Crippen LogP contribution < -0.4 is 14.9 Å². The summed E-state index contributed by atoms with van der Waals surface area (Å²) in [5, 5.41) is 4.70. The average molecular weight is 421 g/mol. The average Bonchev–Trinajstić information content (AvgIpc) is 2.80. The van der Waals surface area contributed by atoms with Crippen molar-refractivity contribution >= 4 is 11.9 Å². The molecule has 0 aliphatic heterocycles. The molecule has 0 bridgehead atoms. The summed E-state index contributed by atoms with van der Waals surface area (Å²) in [6, 6.07) is 14.7. The third-order valence-corrected chi connectivity index (χ3v) is 7.61. The van der Waals surface area contributed by atoms with Crippen LogP contribution in [0.25, 0.3) is 0 Å². The Bertz CT molecular complexity index is 908. The number of hydrazone groups is 1. The number of ether oxygens (including phenoxy) is 2. The van der Waals surface area contributed by atoms with Crippen LogP contribution in [-0.2, 0) is 6.42 Å². The van der Waals surface area contributed by atoms with Crippen LogP contribution in [0.3, 0.4) is 0 Å². The minimum absolute atomic E-state index is 0.126. The van der Waals surface area contributed by atoms with Crippen LogP contribution in [0.15, 0.2) is 47.6 Å². The molecular formula is C27H36N2O2. The van der Waals surface area contributed by atoms with Crippen LogP contribution in [0.1, 0.15) is 63.0 Å². The molecule has 0 saturated heterocycles. The molecule has 166 valence electrons. The maximum Gasteiger partial charge on any atom is 0.119 e. The van der Waals surface area contributed by atoms with Crippen molar-refractivity contribution in [2.45, 2.75) is 58.3 Å². The van der Waals surface area contributed by atoms with Crippen LogP contribution in [0.5, 0.6) is 11.5 Å². The minimum Gasteiger partial charge on any atom is -0.497 e. The number of aryl methyl sites for hydroxylation is 1. The molecule has 1 fully saturated rings. The van der Waals surface area contributed by atoms with Gasteiger partial charge in [-0.2, -0.15) is 5.10 Å². The number of anilines is 1. The first-order valence-electron chi connectivity index (χ1n) is 11.7. The molecule has 0 heterocycles. The van der Waals surface area contributed by atoms with E-state index in [4.69, 9.17) is 14.6 Å². The second-order valence-corrected chi connectivity index (χ2v) is 9.41. The number of fused-ring (bicyclic) bond motifs is 3. The molecule has 1 N–H and O–H groups in total. The third-order valence-electron chi connectivity index (χ3n) is 7.61. The molecule has 2 aromatic carbocycles. The smallest absolute Gasteiger partial charge is 0.119 e. The van der Waals surface area contributed by atoms with Gasteiger partial charge in [0, 0.05) is 11.6 Å². The minimum atomic E-state index is 0.126. The van der Waals surface area contributed by atoms with Crippen LogP contribution in [0.4, 0.5) is 5.69 Å². The molecule has 0 radical (unpaired) electrons. The number of benzene rings is 2. The number of methoxy groups -OCH3 is 2. The zero-order valence-electron chi connectivity index (χ0n) is 19.4. The highest BCUT2D eigenvalue weighted by Crippen LogP contribution is 2.55. The number of hydrogen-bond donors (Lipinski definition) is 1. The summed E-state index contributed by atoms with van der Waals surface area (Å²) in [5.74, 6) is 3.90. The fourth-order valence-corrected chi connectivity index (χ4v) is 5.97. The molecule has 0 aromatic heterocycles. The highest BCUT2D eigenvalue weighted by atomic mass is 16.5. The van der Waals surface area contributed by atoms with E-state index in [9.17, 15) is 0 Å².